The molecule has 12 N–H and O–H groups in total. The molecule has 2 bridgehead atoms. The standard InChI is InChI=1S/C46H82BN9O11/c1-10-11-12-13-14-15-16-17-18-19-20-21-34(59)52-32(26-57)41(62)54-38(48)43(64)50-25-35(60)56(9)36(28(4)58)42(63)55-39(49)44(65)53-31(24-27(2)3)40(61)51-29(5)47-66-37-30-22-23-33(45(30,6)7)46(37,8)67-47/h27-29,31-33,36,38-39,57-58H,10-26,48-49H2,1-9H3,(H,50,64)(H,51,61)(H,52,59)(H,53,65)(H,54,62)(H,55,63)/t28?,29-,31-,32+,33?,36-,38-,39+,46?/m0/s1. The van der Waals surface area contributed by atoms with Gasteiger partial charge >= 0.3 is 7.12 Å². The number of carbonyl (C=O) groups is 7. The van der Waals surface area contributed by atoms with E-state index in [1.165, 1.54) is 58.1 Å². The van der Waals surface area contributed by atoms with E-state index in [-0.39, 0.29) is 30.1 Å². The van der Waals surface area contributed by atoms with Crippen molar-refractivity contribution in [1.29, 1.82) is 0 Å². The van der Waals surface area contributed by atoms with Gasteiger partial charge in [-0.05, 0) is 63.4 Å². The summed E-state index contributed by atoms with van der Waals surface area (Å²) in [5, 5.41) is 34.9. The first kappa shape index (κ1) is 57.0. The Morgan fingerprint density at radius 1 is 0.761 bits per heavy atom. The van der Waals surface area contributed by atoms with Crippen LogP contribution in [0.3, 0.4) is 0 Å². The Labute approximate surface area is 397 Å². The zero-order valence-corrected chi connectivity index (χ0v) is 41.5. The third-order valence-corrected chi connectivity index (χ3v) is 13.4. The zero-order valence-electron chi connectivity index (χ0n) is 41.5. The van der Waals surface area contributed by atoms with Gasteiger partial charge in [-0.15, -0.1) is 0 Å². The Morgan fingerprint density at radius 2 is 1.31 bits per heavy atom. The quantitative estimate of drug-likeness (QED) is 0.0272. The van der Waals surface area contributed by atoms with Gasteiger partial charge in [-0.2, -0.15) is 0 Å². The van der Waals surface area contributed by atoms with Gasteiger partial charge in [-0.25, -0.2) is 0 Å². The van der Waals surface area contributed by atoms with Crippen molar-refractivity contribution in [3.8, 4) is 0 Å². The summed E-state index contributed by atoms with van der Waals surface area (Å²) in [6, 6.07) is -4.01. The summed E-state index contributed by atoms with van der Waals surface area (Å²) in [6.45, 7) is 13.9. The highest BCUT2D eigenvalue weighted by Crippen LogP contribution is 2.64. The van der Waals surface area contributed by atoms with E-state index in [9.17, 15) is 43.8 Å². The molecule has 2 fully saturated rings. The minimum atomic E-state index is -1.71. The third-order valence-electron chi connectivity index (χ3n) is 13.4. The maximum atomic E-state index is 13.6. The number of amides is 7. The Balaban J connectivity index is 1.44. The molecule has 0 aromatic heterocycles. The summed E-state index contributed by atoms with van der Waals surface area (Å²) in [5.74, 6) is -5.18. The van der Waals surface area contributed by atoms with Crippen LogP contribution in [0.4, 0.5) is 0 Å². The van der Waals surface area contributed by atoms with Crippen LogP contribution in [0.15, 0.2) is 11.3 Å². The number of aliphatic hydroxyl groups excluding tert-OH is 2. The van der Waals surface area contributed by atoms with Gasteiger partial charge < -0.3 is 67.8 Å². The van der Waals surface area contributed by atoms with Gasteiger partial charge in [0.15, 0.2) is 12.3 Å². The van der Waals surface area contributed by atoms with Crippen LogP contribution in [0.25, 0.3) is 0 Å². The van der Waals surface area contributed by atoms with E-state index in [0.717, 1.165) is 49.2 Å². The molecule has 3 aliphatic rings. The molecule has 1 aliphatic heterocycles. The van der Waals surface area contributed by atoms with Gasteiger partial charge in [0.05, 0.1) is 25.2 Å². The number of likely N-dealkylation sites (N-methyl/N-ethyl adjacent to an activating group) is 1. The van der Waals surface area contributed by atoms with Crippen LogP contribution >= 0.6 is 0 Å². The van der Waals surface area contributed by atoms with Crippen LogP contribution in [-0.2, 0) is 42.9 Å². The molecule has 21 heteroatoms. The lowest BCUT2D eigenvalue weighted by atomic mass is 9.75. The maximum Gasteiger partial charge on any atom is 0.549 e. The van der Waals surface area contributed by atoms with E-state index in [1.807, 2.05) is 20.8 Å². The number of aliphatic hydroxyl groups is 2. The van der Waals surface area contributed by atoms with Crippen LogP contribution < -0.4 is 43.4 Å². The highest BCUT2D eigenvalue weighted by atomic mass is 16.7. The molecule has 0 radical (unpaired) electrons. The molecule has 380 valence electrons. The van der Waals surface area contributed by atoms with Gasteiger partial charge in [0, 0.05) is 19.4 Å². The van der Waals surface area contributed by atoms with Crippen LogP contribution in [0, 0.1) is 17.3 Å². The summed E-state index contributed by atoms with van der Waals surface area (Å²) < 4.78 is 12.8. The molecule has 67 heavy (non-hydrogen) atoms. The molecule has 3 rings (SSSR count). The lowest BCUT2D eigenvalue weighted by Crippen LogP contribution is -2.63. The third kappa shape index (κ3) is 15.9. The second kappa shape index (κ2) is 26.5. The minimum absolute atomic E-state index is 0.0299. The van der Waals surface area contributed by atoms with Crippen LogP contribution in [-0.4, -0.2) is 132 Å². The fraction of sp³-hybridized carbons (Fsp3) is 0.804. The average molecular weight is 948 g/mol. The van der Waals surface area contributed by atoms with Crippen molar-refractivity contribution < 1.29 is 53.1 Å². The van der Waals surface area contributed by atoms with Gasteiger partial charge in [-0.3, -0.25) is 33.6 Å². The van der Waals surface area contributed by atoms with Crippen molar-refractivity contribution in [2.45, 2.75) is 200 Å². The molecule has 1 saturated heterocycles. The molecule has 20 nitrogen and oxygen atoms in total. The van der Waals surface area contributed by atoms with Crippen LogP contribution in [0.1, 0.15) is 152 Å². The first-order valence-electron chi connectivity index (χ1n) is 24.4. The first-order valence-corrected chi connectivity index (χ1v) is 24.4. The Bertz CT molecular complexity index is 1750. The number of fused-ring (bicyclic) bond motifs is 4. The fourth-order valence-electron chi connectivity index (χ4n) is 9.58. The van der Waals surface area contributed by atoms with Gasteiger partial charge in [0.2, 0.25) is 29.5 Å². The second-order valence-corrected chi connectivity index (χ2v) is 19.8. The summed E-state index contributed by atoms with van der Waals surface area (Å²) >= 11 is 0. The summed E-state index contributed by atoms with van der Waals surface area (Å²) in [7, 11) is 0.441. The monoisotopic (exact) mass is 948 g/mol. The van der Waals surface area contributed by atoms with Crippen LogP contribution in [0.5, 0.6) is 0 Å². The van der Waals surface area contributed by atoms with Gasteiger partial charge in [-0.1, -0.05) is 98.8 Å². The predicted molar refractivity (Wildman–Crippen MR) is 252 cm³/mol. The molecule has 9 atom stereocenters. The number of carbonyl (C=O) groups excluding carboxylic acids is 7. The van der Waals surface area contributed by atoms with Gasteiger partial charge in [0.1, 0.15) is 29.5 Å². The molecule has 0 aromatic rings. The SMILES string of the molecule is CCCCCCCCCCCCCC(=O)N[C@H](CO)C(=O)N[C@H](N)C(=O)NCC(=O)N(C)[C@H](C(=O)N[C@@H](N)C(=O)N[C@@H](CC(C)C)C(=O)N[C@@H](C)B1OC2=C3CCC(C3(C)C)C2(C)O1)C(C)O. The molecule has 1 saturated carbocycles. The number of nitrogens with one attached hydrogen (secondary N) is 6. The normalized spacial score (nSPS) is 21.2. The van der Waals surface area contributed by atoms with E-state index >= 15 is 0 Å². The zero-order chi connectivity index (χ0) is 50.2. The number of nitrogens with zero attached hydrogens (tertiary/aromatic N) is 1. The van der Waals surface area contributed by atoms with Crippen LogP contribution in [0.2, 0.25) is 0 Å². The highest BCUT2D eigenvalue weighted by molar-refractivity contribution is 6.48. The van der Waals surface area contributed by atoms with E-state index < -0.39 is 110 Å². The fourth-order valence-corrected chi connectivity index (χ4v) is 9.58. The molecule has 1 heterocycles. The molecular weight excluding hydrogens is 865 g/mol. The lowest BCUT2D eigenvalue weighted by molar-refractivity contribution is -0.144. The predicted octanol–water partition coefficient (Wildman–Crippen LogP) is 0.863. The molecule has 0 spiro atoms. The first-order chi connectivity index (χ1) is 31.5. The van der Waals surface area contributed by atoms with E-state index in [1.54, 1.807) is 6.92 Å². The molecule has 7 amide bonds. The Hall–Kier alpha value is -4.31. The molecular formula is C46H82BN9O11. The van der Waals surface area contributed by atoms with E-state index in [2.05, 4.69) is 52.7 Å². The van der Waals surface area contributed by atoms with Crippen molar-refractivity contribution in [3.05, 3.63) is 11.3 Å². The number of nitrogens with two attached hydrogens (primary N) is 2. The van der Waals surface area contributed by atoms with Crippen molar-refractivity contribution in [1.82, 2.24) is 36.8 Å². The number of allylic oxidation sites excluding steroid dienone is 1. The summed E-state index contributed by atoms with van der Waals surface area (Å²) in [4.78, 5) is 92.2. The second-order valence-electron chi connectivity index (χ2n) is 19.8. The highest BCUT2D eigenvalue weighted by Gasteiger charge is 2.65. The number of rotatable bonds is 30. The van der Waals surface area contributed by atoms with Crippen molar-refractivity contribution in [3.63, 3.8) is 0 Å². The number of unbranched alkanes of at least 4 members (excludes halogenated alkanes) is 10. The van der Waals surface area contributed by atoms with Crippen molar-refractivity contribution in [2.24, 2.45) is 28.7 Å². The largest absolute Gasteiger partial charge is 0.549 e. The van der Waals surface area contributed by atoms with E-state index in [4.69, 9.17) is 20.8 Å². The number of hydrogen-bond acceptors (Lipinski definition) is 13. The number of hydrogen-bond donors (Lipinski definition) is 10. The molecule has 0 aromatic carbocycles. The summed E-state index contributed by atoms with van der Waals surface area (Å²) in [6.07, 6.45) is 9.72. The molecule has 2 aliphatic carbocycles. The Morgan fingerprint density at radius 3 is 1.87 bits per heavy atom. The smallest absolute Gasteiger partial charge is 0.536 e. The summed E-state index contributed by atoms with van der Waals surface area (Å²) in [5.41, 5.74) is 12.5. The van der Waals surface area contributed by atoms with Crippen molar-refractivity contribution >= 4 is 48.5 Å². The topological polar surface area (TPSA) is 306 Å². The molecule has 3 unspecified atom stereocenters. The minimum Gasteiger partial charge on any atom is -0.536 e. The van der Waals surface area contributed by atoms with E-state index in [0.29, 0.717) is 6.42 Å². The maximum absolute atomic E-state index is 13.6. The van der Waals surface area contributed by atoms with Gasteiger partial charge in [0.25, 0.3) is 11.8 Å². The average Bonchev–Trinajstić information content (AvgIpc) is 3.83. The Kier molecular flexibility index (Phi) is 22.5. The lowest BCUT2D eigenvalue weighted by Gasteiger charge is -2.33. The van der Waals surface area contributed by atoms with Crippen molar-refractivity contribution in [2.75, 3.05) is 20.2 Å².